The fraction of sp³-hybridized carbons (Fsp3) is 0.389. The van der Waals surface area contributed by atoms with Crippen LogP contribution in [0.25, 0.3) is 0 Å². The van der Waals surface area contributed by atoms with Gasteiger partial charge in [-0.3, -0.25) is 19.1 Å². The van der Waals surface area contributed by atoms with Gasteiger partial charge in [-0.1, -0.05) is 25.6 Å². The number of H-pyrrole nitrogens is 1. The lowest BCUT2D eigenvalue weighted by Gasteiger charge is -2.14. The Balaban J connectivity index is 2.37. The molecular formula is C18H21N5O3S. The minimum absolute atomic E-state index is 0.103. The van der Waals surface area contributed by atoms with Crippen LogP contribution in [-0.2, 0) is 6.54 Å². The third kappa shape index (κ3) is 4.46. The van der Waals surface area contributed by atoms with E-state index >= 15 is 0 Å². The molecule has 27 heavy (non-hydrogen) atoms. The molecular weight excluding hydrogens is 366 g/mol. The van der Waals surface area contributed by atoms with E-state index in [4.69, 9.17) is 5.73 Å². The number of nitrogen functional groups attached to an aromatic ring is 1. The molecule has 0 fully saturated rings. The second kappa shape index (κ2) is 8.22. The Bertz CT molecular complexity index is 1050. The Kier molecular flexibility index (Phi) is 6.23. The Morgan fingerprint density at radius 1 is 1.41 bits per heavy atom. The first kappa shape index (κ1) is 20.5. The maximum atomic E-state index is 12.6. The highest BCUT2D eigenvalue weighted by Crippen LogP contribution is 2.24. The van der Waals surface area contributed by atoms with Crippen molar-refractivity contribution < 1.29 is 4.79 Å². The summed E-state index contributed by atoms with van der Waals surface area (Å²) >= 11 is 1.07. The highest BCUT2D eigenvalue weighted by molar-refractivity contribution is 8.00. The van der Waals surface area contributed by atoms with Crippen molar-refractivity contribution in [1.82, 2.24) is 14.5 Å². The number of carbonyl (C=O) groups is 1. The number of Topliss-reactive ketones (excluding diaryl/α,β-unsaturated/α-hetero) is 1. The van der Waals surface area contributed by atoms with Gasteiger partial charge in [0.1, 0.15) is 22.5 Å². The molecule has 0 aliphatic rings. The molecule has 0 saturated carbocycles. The Morgan fingerprint density at radius 3 is 2.67 bits per heavy atom. The van der Waals surface area contributed by atoms with Crippen LogP contribution >= 0.6 is 11.8 Å². The van der Waals surface area contributed by atoms with Crippen LogP contribution in [0.2, 0.25) is 0 Å². The van der Waals surface area contributed by atoms with Gasteiger partial charge in [-0.25, -0.2) is 9.78 Å². The van der Waals surface area contributed by atoms with Crippen LogP contribution in [0.5, 0.6) is 0 Å². The number of pyridine rings is 1. The first-order valence-corrected chi connectivity index (χ1v) is 9.31. The van der Waals surface area contributed by atoms with Crippen molar-refractivity contribution in [3.63, 3.8) is 0 Å². The molecule has 0 aromatic carbocycles. The lowest BCUT2D eigenvalue weighted by atomic mass is 10.1. The molecule has 2 aromatic rings. The molecule has 142 valence electrons. The van der Waals surface area contributed by atoms with Crippen molar-refractivity contribution in [2.45, 2.75) is 39.3 Å². The number of hydrogen-bond donors (Lipinski definition) is 2. The van der Waals surface area contributed by atoms with E-state index in [-0.39, 0.29) is 29.6 Å². The maximum Gasteiger partial charge on any atom is 0.329 e. The van der Waals surface area contributed by atoms with Gasteiger partial charge in [-0.2, -0.15) is 5.26 Å². The molecule has 0 spiro atoms. The number of nitriles is 1. The van der Waals surface area contributed by atoms with Gasteiger partial charge >= 0.3 is 5.69 Å². The Hall–Kier alpha value is -2.86. The minimum atomic E-state index is -0.808. The van der Waals surface area contributed by atoms with Crippen LogP contribution in [0.15, 0.2) is 20.7 Å². The normalized spacial score (nSPS) is 10.8. The van der Waals surface area contributed by atoms with E-state index in [1.165, 1.54) is 4.57 Å². The lowest BCUT2D eigenvalue weighted by Crippen LogP contribution is -2.37. The van der Waals surface area contributed by atoms with Gasteiger partial charge in [0, 0.05) is 12.2 Å². The van der Waals surface area contributed by atoms with Crippen molar-refractivity contribution in [2.75, 3.05) is 11.5 Å². The number of hydrogen-bond acceptors (Lipinski definition) is 7. The predicted molar refractivity (Wildman–Crippen MR) is 104 cm³/mol. The predicted octanol–water partition coefficient (Wildman–Crippen LogP) is 1.63. The molecule has 0 amide bonds. The molecule has 0 bridgehead atoms. The first-order valence-electron chi connectivity index (χ1n) is 8.32. The average Bonchev–Trinajstić information content (AvgIpc) is 2.56. The van der Waals surface area contributed by atoms with Gasteiger partial charge in [0.05, 0.1) is 11.3 Å². The molecule has 2 aromatic heterocycles. The lowest BCUT2D eigenvalue weighted by molar-refractivity contribution is 0.102. The van der Waals surface area contributed by atoms with Crippen molar-refractivity contribution in [2.24, 2.45) is 5.92 Å². The SMILES string of the molecule is Cc1cc(C)c(C#N)c(SCC(=O)c2c(N)n(CC(C)C)c(=O)[nH]c2=O)n1. The molecule has 8 nitrogen and oxygen atoms in total. The fourth-order valence-corrected chi connectivity index (χ4v) is 3.62. The number of aromatic nitrogens is 3. The fourth-order valence-electron chi connectivity index (χ4n) is 2.65. The topological polar surface area (TPSA) is 135 Å². The first-order chi connectivity index (χ1) is 12.6. The zero-order valence-electron chi connectivity index (χ0n) is 15.6. The molecule has 2 rings (SSSR count). The summed E-state index contributed by atoms with van der Waals surface area (Å²) in [5.41, 5.74) is 6.14. The van der Waals surface area contributed by atoms with Crippen molar-refractivity contribution in [3.8, 4) is 6.07 Å². The van der Waals surface area contributed by atoms with E-state index in [0.29, 0.717) is 10.6 Å². The maximum absolute atomic E-state index is 12.6. The van der Waals surface area contributed by atoms with E-state index in [2.05, 4.69) is 16.0 Å². The summed E-state index contributed by atoms with van der Waals surface area (Å²) in [4.78, 5) is 43.2. The summed E-state index contributed by atoms with van der Waals surface area (Å²) in [5.74, 6) is -0.693. The highest BCUT2D eigenvalue weighted by Gasteiger charge is 2.21. The Morgan fingerprint density at radius 2 is 2.07 bits per heavy atom. The quantitative estimate of drug-likeness (QED) is 0.568. The monoisotopic (exact) mass is 387 g/mol. The third-order valence-corrected chi connectivity index (χ3v) is 4.80. The van der Waals surface area contributed by atoms with Crippen molar-refractivity contribution >= 4 is 23.4 Å². The number of ketones is 1. The van der Waals surface area contributed by atoms with Gasteiger partial charge in [0.15, 0.2) is 5.78 Å². The molecule has 2 heterocycles. The number of aromatic amines is 1. The molecule has 0 saturated heterocycles. The number of nitrogens with two attached hydrogens (primary N) is 1. The van der Waals surface area contributed by atoms with E-state index < -0.39 is 17.0 Å². The average molecular weight is 387 g/mol. The van der Waals surface area contributed by atoms with E-state index in [1.54, 1.807) is 19.9 Å². The molecule has 0 unspecified atom stereocenters. The van der Waals surface area contributed by atoms with Gasteiger partial charge < -0.3 is 5.73 Å². The molecule has 0 atom stereocenters. The number of nitrogens with one attached hydrogen (secondary N) is 1. The second-order valence-electron chi connectivity index (χ2n) is 6.61. The zero-order valence-corrected chi connectivity index (χ0v) is 16.4. The molecule has 3 N–H and O–H groups in total. The minimum Gasteiger partial charge on any atom is -0.384 e. The van der Waals surface area contributed by atoms with Gasteiger partial charge in [0.25, 0.3) is 5.56 Å². The summed E-state index contributed by atoms with van der Waals surface area (Å²) in [7, 11) is 0. The summed E-state index contributed by atoms with van der Waals surface area (Å²) in [5, 5.41) is 9.73. The molecule has 0 radical (unpaired) electrons. The number of aryl methyl sites for hydroxylation is 2. The van der Waals surface area contributed by atoms with Gasteiger partial charge in [-0.05, 0) is 31.4 Å². The van der Waals surface area contributed by atoms with Crippen LogP contribution in [0.4, 0.5) is 5.82 Å². The second-order valence-corrected chi connectivity index (χ2v) is 7.57. The number of nitrogens with zero attached hydrogens (tertiary/aromatic N) is 3. The number of thioether (sulfide) groups is 1. The summed E-state index contributed by atoms with van der Waals surface area (Å²) in [6.07, 6.45) is 0. The Labute approximate surface area is 160 Å². The molecule has 0 aliphatic heterocycles. The van der Waals surface area contributed by atoms with Crippen LogP contribution in [-0.4, -0.2) is 26.1 Å². The molecule has 0 aliphatic carbocycles. The summed E-state index contributed by atoms with van der Waals surface area (Å²) in [6, 6.07) is 3.87. The summed E-state index contributed by atoms with van der Waals surface area (Å²) < 4.78 is 1.19. The van der Waals surface area contributed by atoms with Gasteiger partial charge in [0.2, 0.25) is 0 Å². The van der Waals surface area contributed by atoms with Crippen molar-refractivity contribution in [1.29, 1.82) is 5.26 Å². The number of anilines is 1. The van der Waals surface area contributed by atoms with Crippen LogP contribution in [0, 0.1) is 31.1 Å². The van der Waals surface area contributed by atoms with E-state index in [1.807, 2.05) is 13.8 Å². The van der Waals surface area contributed by atoms with E-state index in [0.717, 1.165) is 23.0 Å². The van der Waals surface area contributed by atoms with Crippen LogP contribution in [0.1, 0.15) is 41.0 Å². The van der Waals surface area contributed by atoms with Crippen LogP contribution in [0.3, 0.4) is 0 Å². The molecule has 9 heteroatoms. The zero-order chi connectivity index (χ0) is 20.3. The van der Waals surface area contributed by atoms with Crippen molar-refractivity contribution in [3.05, 3.63) is 49.3 Å². The number of rotatable bonds is 6. The largest absolute Gasteiger partial charge is 0.384 e. The van der Waals surface area contributed by atoms with E-state index in [9.17, 15) is 19.6 Å². The van der Waals surface area contributed by atoms with Gasteiger partial charge in [-0.15, -0.1) is 0 Å². The standard InChI is InChI=1S/C18H21N5O3S/c1-9(2)7-23-15(20)14(16(25)22-18(23)26)13(24)8-27-17-12(6-19)10(3)5-11(4)21-17/h5,9H,7-8,20H2,1-4H3,(H,22,25,26). The van der Waals surface area contributed by atoms with Crippen LogP contribution < -0.4 is 17.0 Å². The summed E-state index contributed by atoms with van der Waals surface area (Å²) in [6.45, 7) is 7.66. The third-order valence-electron chi connectivity index (χ3n) is 3.83. The highest BCUT2D eigenvalue weighted by atomic mass is 32.2. The number of carbonyl (C=O) groups excluding carboxylic acids is 1. The smallest absolute Gasteiger partial charge is 0.329 e.